The normalized spacial score (nSPS) is 18.6. The van der Waals surface area contributed by atoms with Gasteiger partial charge in [0.15, 0.2) is 0 Å². The van der Waals surface area contributed by atoms with Crippen LogP contribution >= 0.6 is 0 Å². The first-order valence-corrected chi connectivity index (χ1v) is 13.3. The zero-order valence-electron chi connectivity index (χ0n) is 21.0. The van der Waals surface area contributed by atoms with Crippen LogP contribution in [0.3, 0.4) is 0 Å². The standard InChI is InChI=1S/C28H36N4O4/c1-2-23(27(33)34)25(21-9-8-19-12-17-36-24(19)18-21)32-16-5-15-31(28(32)35)14-4-7-22-11-10-20-6-3-13-29-26(20)30-22/h8-11,18,23,25H,2-7,12-17H2,1H3,(H,29,30)(H,33,34)/t23?,25-/m1/s1. The molecule has 3 aliphatic heterocycles. The summed E-state index contributed by atoms with van der Waals surface area (Å²) < 4.78 is 5.76. The molecule has 1 unspecified atom stereocenters. The minimum absolute atomic E-state index is 0.0765. The highest BCUT2D eigenvalue weighted by atomic mass is 16.5. The molecule has 1 fully saturated rings. The molecule has 2 aromatic rings. The van der Waals surface area contributed by atoms with Gasteiger partial charge in [-0.1, -0.05) is 25.1 Å². The second kappa shape index (κ2) is 10.8. The molecule has 0 radical (unpaired) electrons. The minimum atomic E-state index is -0.874. The monoisotopic (exact) mass is 492 g/mol. The fraction of sp³-hybridized carbons (Fsp3) is 0.536. The van der Waals surface area contributed by atoms with Crippen LogP contribution in [0.4, 0.5) is 10.6 Å². The molecule has 2 atom stereocenters. The number of aromatic nitrogens is 1. The highest BCUT2D eigenvalue weighted by molar-refractivity contribution is 5.78. The van der Waals surface area contributed by atoms with Crippen LogP contribution in [0, 0.1) is 5.92 Å². The van der Waals surface area contributed by atoms with E-state index in [1.54, 1.807) is 4.90 Å². The van der Waals surface area contributed by atoms with E-state index in [2.05, 4.69) is 17.4 Å². The van der Waals surface area contributed by atoms with Crippen LogP contribution in [0.1, 0.15) is 61.0 Å². The molecule has 8 heteroatoms. The molecule has 1 aromatic heterocycles. The number of anilines is 1. The summed E-state index contributed by atoms with van der Waals surface area (Å²) in [6.45, 7) is 5.37. The van der Waals surface area contributed by atoms with Gasteiger partial charge in [-0.05, 0) is 67.3 Å². The number of carboxylic acid groups (broad SMARTS) is 1. The number of carboxylic acids is 1. The molecule has 0 bridgehead atoms. The van der Waals surface area contributed by atoms with E-state index in [0.717, 1.165) is 73.5 Å². The smallest absolute Gasteiger partial charge is 0.320 e. The first-order chi connectivity index (χ1) is 17.5. The molecule has 0 saturated carbocycles. The Labute approximate surface area is 212 Å². The maximum Gasteiger partial charge on any atom is 0.320 e. The number of benzene rings is 1. The fourth-order valence-electron chi connectivity index (χ4n) is 5.76. The van der Waals surface area contributed by atoms with Gasteiger partial charge in [-0.25, -0.2) is 9.78 Å². The lowest BCUT2D eigenvalue weighted by Crippen LogP contribution is -2.52. The van der Waals surface area contributed by atoms with E-state index in [0.29, 0.717) is 32.7 Å². The van der Waals surface area contributed by atoms with Crippen molar-refractivity contribution in [3.8, 4) is 5.75 Å². The maximum absolute atomic E-state index is 13.7. The Morgan fingerprint density at radius 2 is 2.03 bits per heavy atom. The summed E-state index contributed by atoms with van der Waals surface area (Å²) in [6.07, 6.45) is 5.96. The first-order valence-electron chi connectivity index (χ1n) is 13.3. The van der Waals surface area contributed by atoms with Crippen molar-refractivity contribution < 1.29 is 19.4 Å². The number of carbonyl (C=O) groups is 2. The number of ether oxygens (including phenoxy) is 1. The van der Waals surface area contributed by atoms with Crippen molar-refractivity contribution in [3.05, 3.63) is 52.7 Å². The number of rotatable bonds is 9. The third kappa shape index (κ3) is 4.99. The van der Waals surface area contributed by atoms with Crippen LogP contribution in [0.5, 0.6) is 5.75 Å². The van der Waals surface area contributed by atoms with Gasteiger partial charge < -0.3 is 25.0 Å². The Balaban J connectivity index is 1.29. The Bertz CT molecular complexity index is 1120. The SMILES string of the molecule is CCC(C(=O)O)[C@@H](c1ccc2c(c1)OCC2)N1CCCN(CCCc2ccc3c(n2)NCCC3)C1=O. The molecule has 0 spiro atoms. The van der Waals surface area contributed by atoms with Crippen LogP contribution in [0.25, 0.3) is 0 Å². The fourth-order valence-corrected chi connectivity index (χ4v) is 5.76. The number of aryl methyl sites for hydroxylation is 2. The lowest BCUT2D eigenvalue weighted by atomic mass is 9.88. The second-order valence-corrected chi connectivity index (χ2v) is 10.0. The van der Waals surface area contributed by atoms with Gasteiger partial charge in [0.25, 0.3) is 0 Å². The molecule has 36 heavy (non-hydrogen) atoms. The number of carbonyl (C=O) groups excluding carboxylic acids is 1. The van der Waals surface area contributed by atoms with Crippen molar-refractivity contribution >= 4 is 17.8 Å². The van der Waals surface area contributed by atoms with Gasteiger partial charge in [0, 0.05) is 38.3 Å². The minimum Gasteiger partial charge on any atom is -0.493 e. The summed E-state index contributed by atoms with van der Waals surface area (Å²) in [5.41, 5.74) is 4.29. The molecule has 2 N–H and O–H groups in total. The van der Waals surface area contributed by atoms with E-state index >= 15 is 0 Å². The number of aliphatic carboxylic acids is 1. The lowest BCUT2D eigenvalue weighted by molar-refractivity contribution is -0.144. The number of hydrogen-bond acceptors (Lipinski definition) is 5. The lowest BCUT2D eigenvalue weighted by Gasteiger charge is -2.42. The number of amides is 2. The van der Waals surface area contributed by atoms with Gasteiger partial charge in [0.1, 0.15) is 11.6 Å². The van der Waals surface area contributed by atoms with Crippen LogP contribution in [-0.2, 0) is 24.1 Å². The summed E-state index contributed by atoms with van der Waals surface area (Å²) >= 11 is 0. The van der Waals surface area contributed by atoms with Crippen molar-refractivity contribution in [2.45, 2.75) is 57.9 Å². The van der Waals surface area contributed by atoms with Gasteiger partial charge >= 0.3 is 12.0 Å². The molecule has 2 amide bonds. The van der Waals surface area contributed by atoms with Gasteiger partial charge in [-0.2, -0.15) is 0 Å². The number of nitrogens with zero attached hydrogens (tertiary/aromatic N) is 3. The number of urea groups is 1. The zero-order chi connectivity index (χ0) is 25.1. The molecule has 4 heterocycles. The highest BCUT2D eigenvalue weighted by Gasteiger charge is 2.39. The van der Waals surface area contributed by atoms with E-state index in [-0.39, 0.29) is 6.03 Å². The predicted molar refractivity (Wildman–Crippen MR) is 137 cm³/mol. The largest absolute Gasteiger partial charge is 0.493 e. The van der Waals surface area contributed by atoms with Crippen molar-refractivity contribution in [2.75, 3.05) is 38.1 Å². The van der Waals surface area contributed by atoms with Crippen molar-refractivity contribution in [1.82, 2.24) is 14.8 Å². The molecular formula is C28H36N4O4. The van der Waals surface area contributed by atoms with Gasteiger partial charge in [0.2, 0.25) is 0 Å². The molecule has 5 rings (SSSR count). The highest BCUT2D eigenvalue weighted by Crippen LogP contribution is 2.37. The number of hydrogen-bond donors (Lipinski definition) is 2. The number of nitrogens with one attached hydrogen (secondary N) is 1. The average Bonchev–Trinajstić information content (AvgIpc) is 3.36. The summed E-state index contributed by atoms with van der Waals surface area (Å²) in [4.78, 5) is 34.3. The number of pyridine rings is 1. The topological polar surface area (TPSA) is 95.0 Å². The molecule has 8 nitrogen and oxygen atoms in total. The van der Waals surface area contributed by atoms with Gasteiger partial charge in [0.05, 0.1) is 18.6 Å². The van der Waals surface area contributed by atoms with Crippen LogP contribution in [0.2, 0.25) is 0 Å². The van der Waals surface area contributed by atoms with E-state index in [1.165, 1.54) is 5.56 Å². The van der Waals surface area contributed by atoms with E-state index < -0.39 is 17.9 Å². The average molecular weight is 493 g/mol. The summed E-state index contributed by atoms with van der Waals surface area (Å²) in [7, 11) is 0. The molecule has 1 saturated heterocycles. The van der Waals surface area contributed by atoms with E-state index in [1.807, 2.05) is 30.0 Å². The molecule has 1 aromatic carbocycles. The van der Waals surface area contributed by atoms with Crippen LogP contribution in [-0.4, -0.2) is 64.7 Å². The zero-order valence-corrected chi connectivity index (χ0v) is 21.0. The van der Waals surface area contributed by atoms with Gasteiger partial charge in [-0.15, -0.1) is 0 Å². The summed E-state index contributed by atoms with van der Waals surface area (Å²) in [6, 6.07) is 9.61. The number of fused-ring (bicyclic) bond motifs is 2. The van der Waals surface area contributed by atoms with Crippen LogP contribution < -0.4 is 10.1 Å². The summed E-state index contributed by atoms with van der Waals surface area (Å²) in [5, 5.41) is 13.4. The Hall–Kier alpha value is -3.29. The van der Waals surface area contributed by atoms with Crippen LogP contribution in [0.15, 0.2) is 30.3 Å². The van der Waals surface area contributed by atoms with Crippen molar-refractivity contribution in [1.29, 1.82) is 0 Å². The Kier molecular flexibility index (Phi) is 7.30. The Morgan fingerprint density at radius 3 is 2.86 bits per heavy atom. The van der Waals surface area contributed by atoms with Crippen molar-refractivity contribution in [2.24, 2.45) is 5.92 Å². The molecular weight excluding hydrogens is 456 g/mol. The van der Waals surface area contributed by atoms with Gasteiger partial charge in [-0.3, -0.25) is 4.79 Å². The summed E-state index contributed by atoms with van der Waals surface area (Å²) in [5.74, 6) is 0.256. The third-order valence-electron chi connectivity index (χ3n) is 7.69. The quantitative estimate of drug-likeness (QED) is 0.542. The second-order valence-electron chi connectivity index (χ2n) is 10.0. The Morgan fingerprint density at radius 1 is 1.17 bits per heavy atom. The molecule has 192 valence electrons. The maximum atomic E-state index is 13.7. The predicted octanol–water partition coefficient (Wildman–Crippen LogP) is 4.29. The van der Waals surface area contributed by atoms with Crippen molar-refractivity contribution in [3.63, 3.8) is 0 Å². The molecule has 3 aliphatic rings. The first kappa shape index (κ1) is 24.4. The van der Waals surface area contributed by atoms with E-state index in [4.69, 9.17) is 9.72 Å². The molecule has 0 aliphatic carbocycles. The van der Waals surface area contributed by atoms with E-state index in [9.17, 15) is 14.7 Å². The third-order valence-corrected chi connectivity index (χ3v) is 7.69.